The fraction of sp³-hybridized carbons (Fsp3) is 0.926. The van der Waals surface area contributed by atoms with E-state index in [0.29, 0.717) is 29.5 Å². The van der Waals surface area contributed by atoms with Crippen LogP contribution in [0.4, 0.5) is 0 Å². The Morgan fingerprint density at radius 1 is 0.857 bits per heavy atom. The van der Waals surface area contributed by atoms with Crippen LogP contribution in [0.1, 0.15) is 78.6 Å². The SMILES string of the molecule is CC(=O)[C@@H]1CC[C@@H]2[C@@H]3CC[C@@H]4C[C@H](O[C@@H]5O[C@H](C(=O)O)[C@@H](O)[C@H](O)[C@H]5O)CC[C@]4(C)[C@H]3CC[C@@]21C. The number of ether oxygens (including phenoxy) is 2. The van der Waals surface area contributed by atoms with Gasteiger partial charge in [0, 0.05) is 5.92 Å². The van der Waals surface area contributed by atoms with Crippen LogP contribution in [0.2, 0.25) is 0 Å². The summed E-state index contributed by atoms with van der Waals surface area (Å²) in [7, 11) is 0. The Morgan fingerprint density at radius 3 is 2.23 bits per heavy atom. The summed E-state index contributed by atoms with van der Waals surface area (Å²) >= 11 is 0. The number of aliphatic carboxylic acids is 1. The van der Waals surface area contributed by atoms with Crippen molar-refractivity contribution in [3.8, 4) is 0 Å². The summed E-state index contributed by atoms with van der Waals surface area (Å²) in [6.45, 7) is 6.59. The van der Waals surface area contributed by atoms with Crippen LogP contribution in [-0.4, -0.2) is 69.0 Å². The largest absolute Gasteiger partial charge is 0.479 e. The molecular weight excluding hydrogens is 452 g/mol. The van der Waals surface area contributed by atoms with Gasteiger partial charge in [-0.15, -0.1) is 0 Å². The summed E-state index contributed by atoms with van der Waals surface area (Å²) in [5.41, 5.74) is 0.362. The molecule has 0 bridgehead atoms. The summed E-state index contributed by atoms with van der Waals surface area (Å²) in [5.74, 6) is 1.62. The molecule has 5 rings (SSSR count). The molecule has 0 spiro atoms. The molecule has 0 unspecified atom stereocenters. The predicted molar refractivity (Wildman–Crippen MR) is 125 cm³/mol. The molecule has 5 fully saturated rings. The van der Waals surface area contributed by atoms with Crippen molar-refractivity contribution in [3.63, 3.8) is 0 Å². The molecule has 1 aliphatic heterocycles. The van der Waals surface area contributed by atoms with Gasteiger partial charge in [0.25, 0.3) is 0 Å². The molecule has 13 atom stereocenters. The minimum Gasteiger partial charge on any atom is -0.479 e. The molecule has 35 heavy (non-hydrogen) atoms. The fourth-order valence-corrected chi connectivity index (χ4v) is 9.36. The lowest BCUT2D eigenvalue weighted by atomic mass is 9.44. The fourth-order valence-electron chi connectivity index (χ4n) is 9.36. The van der Waals surface area contributed by atoms with E-state index in [0.717, 1.165) is 38.5 Å². The number of ketones is 1. The van der Waals surface area contributed by atoms with Crippen molar-refractivity contribution in [2.24, 2.45) is 40.4 Å². The number of aliphatic hydroxyl groups excluding tert-OH is 3. The number of carbonyl (C=O) groups excluding carboxylic acids is 1. The predicted octanol–water partition coefficient (Wildman–Crippen LogP) is 2.51. The molecule has 1 heterocycles. The van der Waals surface area contributed by atoms with Crippen molar-refractivity contribution in [2.75, 3.05) is 0 Å². The van der Waals surface area contributed by atoms with Gasteiger partial charge in [0.15, 0.2) is 12.4 Å². The number of hydrogen-bond acceptors (Lipinski definition) is 7. The van der Waals surface area contributed by atoms with Gasteiger partial charge < -0.3 is 29.9 Å². The lowest BCUT2D eigenvalue weighted by Gasteiger charge is -2.61. The van der Waals surface area contributed by atoms with Crippen LogP contribution in [0, 0.1) is 40.4 Å². The first-order valence-corrected chi connectivity index (χ1v) is 13.6. The lowest BCUT2D eigenvalue weighted by molar-refractivity contribution is -0.309. The summed E-state index contributed by atoms with van der Waals surface area (Å²) in [6, 6.07) is 0. The topological polar surface area (TPSA) is 134 Å². The standard InChI is InChI=1S/C27H42O8/c1-13(28)17-6-7-18-16-5-4-14-12-15(8-10-26(14,2)19(16)9-11-27(17,18)3)34-25-22(31)20(29)21(30)23(35-25)24(32)33/h14-23,25,29-31H,4-12H2,1-3H3,(H,32,33)/t14-,15-,16+,17+,18-,19+,20+,21+,22-,23+,25-,26+,27-/m1/s1. The molecule has 0 aromatic carbocycles. The zero-order valence-corrected chi connectivity index (χ0v) is 21.1. The van der Waals surface area contributed by atoms with Gasteiger partial charge in [-0.25, -0.2) is 4.79 Å². The minimum absolute atomic E-state index is 0.150. The van der Waals surface area contributed by atoms with E-state index in [9.17, 15) is 30.0 Å². The average Bonchev–Trinajstić information content (AvgIpc) is 3.17. The highest BCUT2D eigenvalue weighted by Gasteiger charge is 2.61. The van der Waals surface area contributed by atoms with Gasteiger partial charge >= 0.3 is 5.97 Å². The molecule has 1 saturated heterocycles. The van der Waals surface area contributed by atoms with E-state index in [1.165, 1.54) is 19.3 Å². The van der Waals surface area contributed by atoms with E-state index >= 15 is 0 Å². The normalized spacial score (nSPS) is 53.8. The van der Waals surface area contributed by atoms with Crippen molar-refractivity contribution >= 4 is 11.8 Å². The van der Waals surface area contributed by atoms with E-state index in [1.807, 2.05) is 0 Å². The van der Waals surface area contributed by atoms with Crippen molar-refractivity contribution < 1.29 is 39.5 Å². The number of aliphatic hydroxyl groups is 3. The molecule has 4 aliphatic carbocycles. The van der Waals surface area contributed by atoms with Gasteiger partial charge in [-0.2, -0.15) is 0 Å². The van der Waals surface area contributed by atoms with E-state index < -0.39 is 36.7 Å². The zero-order chi connectivity index (χ0) is 25.3. The maximum absolute atomic E-state index is 12.4. The lowest BCUT2D eigenvalue weighted by Crippen LogP contribution is -2.61. The van der Waals surface area contributed by atoms with Gasteiger partial charge in [-0.1, -0.05) is 13.8 Å². The highest BCUT2D eigenvalue weighted by Crippen LogP contribution is 2.67. The van der Waals surface area contributed by atoms with Gasteiger partial charge in [0.2, 0.25) is 0 Å². The van der Waals surface area contributed by atoms with Crippen molar-refractivity contribution in [1.29, 1.82) is 0 Å². The number of carbonyl (C=O) groups is 2. The van der Waals surface area contributed by atoms with Crippen molar-refractivity contribution in [2.45, 2.75) is 115 Å². The second-order valence-corrected chi connectivity index (χ2v) is 12.7. The Morgan fingerprint density at radius 2 is 1.54 bits per heavy atom. The maximum atomic E-state index is 12.4. The third-order valence-corrected chi connectivity index (χ3v) is 11.2. The van der Waals surface area contributed by atoms with Crippen molar-refractivity contribution in [1.82, 2.24) is 0 Å². The van der Waals surface area contributed by atoms with E-state index in [-0.39, 0.29) is 22.9 Å². The molecule has 8 nitrogen and oxygen atoms in total. The number of carboxylic acids is 1. The summed E-state index contributed by atoms with van der Waals surface area (Å²) in [4.78, 5) is 23.8. The maximum Gasteiger partial charge on any atom is 0.335 e. The molecule has 0 amide bonds. The van der Waals surface area contributed by atoms with Crippen LogP contribution < -0.4 is 0 Å². The first-order valence-electron chi connectivity index (χ1n) is 13.6. The second kappa shape index (κ2) is 9.05. The van der Waals surface area contributed by atoms with Gasteiger partial charge in [0.1, 0.15) is 24.1 Å². The van der Waals surface area contributed by atoms with E-state index in [1.54, 1.807) is 6.92 Å². The zero-order valence-electron chi connectivity index (χ0n) is 21.1. The molecule has 5 aliphatic rings. The number of Topliss-reactive ketones (excluding diaryl/α,β-unsaturated/α-hetero) is 1. The number of fused-ring (bicyclic) bond motifs is 5. The molecule has 0 aromatic heterocycles. The number of carboxylic acid groups (broad SMARTS) is 1. The van der Waals surface area contributed by atoms with Crippen LogP contribution in [0.25, 0.3) is 0 Å². The van der Waals surface area contributed by atoms with Crippen LogP contribution in [0.5, 0.6) is 0 Å². The number of hydrogen-bond donors (Lipinski definition) is 4. The smallest absolute Gasteiger partial charge is 0.335 e. The third-order valence-electron chi connectivity index (χ3n) is 11.2. The molecular formula is C27H42O8. The molecule has 8 heteroatoms. The first kappa shape index (κ1) is 25.6. The van der Waals surface area contributed by atoms with Crippen LogP contribution in [0.3, 0.4) is 0 Å². The highest BCUT2D eigenvalue weighted by molar-refractivity contribution is 5.79. The molecule has 4 saturated carbocycles. The van der Waals surface area contributed by atoms with Gasteiger partial charge in [-0.3, -0.25) is 4.79 Å². The molecule has 198 valence electrons. The molecule has 0 radical (unpaired) electrons. The average molecular weight is 495 g/mol. The summed E-state index contributed by atoms with van der Waals surface area (Å²) < 4.78 is 11.4. The van der Waals surface area contributed by atoms with Crippen LogP contribution in [0.15, 0.2) is 0 Å². The first-order chi connectivity index (χ1) is 16.5. The Kier molecular flexibility index (Phi) is 6.61. The van der Waals surface area contributed by atoms with E-state index in [2.05, 4.69) is 13.8 Å². The Hall–Kier alpha value is -1.06. The quantitative estimate of drug-likeness (QED) is 0.438. The summed E-state index contributed by atoms with van der Waals surface area (Å²) in [6.07, 6.45) is 1.46. The molecule has 4 N–H and O–H groups in total. The third kappa shape index (κ3) is 3.99. The molecule has 0 aromatic rings. The number of rotatable bonds is 4. The monoisotopic (exact) mass is 494 g/mol. The minimum atomic E-state index is -1.71. The Bertz CT molecular complexity index is 847. The Balaban J connectivity index is 1.26. The van der Waals surface area contributed by atoms with E-state index in [4.69, 9.17) is 9.47 Å². The van der Waals surface area contributed by atoms with Crippen molar-refractivity contribution in [3.05, 3.63) is 0 Å². The van der Waals surface area contributed by atoms with Crippen LogP contribution in [-0.2, 0) is 19.1 Å². The van der Waals surface area contributed by atoms with Gasteiger partial charge in [0.05, 0.1) is 6.10 Å². The second-order valence-electron chi connectivity index (χ2n) is 12.7. The highest BCUT2D eigenvalue weighted by atomic mass is 16.7. The summed E-state index contributed by atoms with van der Waals surface area (Å²) in [5, 5.41) is 39.7. The van der Waals surface area contributed by atoms with Crippen LogP contribution >= 0.6 is 0 Å². The van der Waals surface area contributed by atoms with Gasteiger partial charge in [-0.05, 0) is 99.2 Å². The Labute approximate surface area is 207 Å².